The molecule has 3 aromatic heterocycles. The fraction of sp³-hybridized carbons (Fsp3) is 0.440. The van der Waals surface area contributed by atoms with Gasteiger partial charge in [-0.2, -0.15) is 0 Å². The number of rotatable bonds is 10. The van der Waals surface area contributed by atoms with Crippen molar-refractivity contribution in [2.45, 2.75) is 53.2 Å². The zero-order valence-electron chi connectivity index (χ0n) is 20.2. The minimum Gasteiger partial charge on any atom is -0.467 e. The largest absolute Gasteiger partial charge is 0.467 e. The van der Waals surface area contributed by atoms with Gasteiger partial charge < -0.3 is 14.5 Å². The standard InChI is InChI=1S/C25H32N6O3/c1-16(2)23(24-27-28-29-31(24)15-21-7-5-10-34-21)30(8-6-9-32)14-20-13-19-11-17(3)18(4)12-22(19)26-25(20)33/h5,7,10-13,16,23,32H,6,8-9,14-15H2,1-4H3,(H,26,33)/t23-/m1/s1. The molecule has 0 amide bonds. The molecule has 0 spiro atoms. The van der Waals surface area contributed by atoms with Gasteiger partial charge in [-0.3, -0.25) is 9.69 Å². The number of aromatic nitrogens is 5. The first kappa shape index (κ1) is 23.8. The average molecular weight is 465 g/mol. The van der Waals surface area contributed by atoms with E-state index in [1.807, 2.05) is 31.2 Å². The number of tetrazole rings is 1. The molecule has 34 heavy (non-hydrogen) atoms. The highest BCUT2D eigenvalue weighted by molar-refractivity contribution is 5.80. The lowest BCUT2D eigenvalue weighted by Crippen LogP contribution is -2.36. The molecule has 0 saturated carbocycles. The maximum absolute atomic E-state index is 13.0. The third-order valence-corrected chi connectivity index (χ3v) is 6.25. The van der Waals surface area contributed by atoms with Gasteiger partial charge in [0.15, 0.2) is 5.82 Å². The number of aryl methyl sites for hydroxylation is 2. The number of furan rings is 1. The minimum absolute atomic E-state index is 0.0607. The Balaban J connectivity index is 1.70. The number of nitrogens with one attached hydrogen (secondary N) is 1. The van der Waals surface area contributed by atoms with E-state index in [1.54, 1.807) is 10.9 Å². The number of aliphatic hydroxyl groups excluding tert-OH is 1. The second kappa shape index (κ2) is 10.3. The number of aromatic amines is 1. The van der Waals surface area contributed by atoms with Gasteiger partial charge in [-0.15, -0.1) is 5.10 Å². The van der Waals surface area contributed by atoms with Crippen molar-refractivity contribution in [2.24, 2.45) is 5.92 Å². The highest BCUT2D eigenvalue weighted by Gasteiger charge is 2.30. The molecule has 180 valence electrons. The zero-order valence-corrected chi connectivity index (χ0v) is 20.2. The van der Waals surface area contributed by atoms with Crippen molar-refractivity contribution in [3.63, 3.8) is 0 Å². The molecule has 0 aliphatic heterocycles. The number of fused-ring (bicyclic) bond motifs is 1. The van der Waals surface area contributed by atoms with Gasteiger partial charge in [-0.25, -0.2) is 4.68 Å². The Morgan fingerprint density at radius 1 is 1.21 bits per heavy atom. The number of benzene rings is 1. The van der Waals surface area contributed by atoms with Crippen LogP contribution in [0, 0.1) is 19.8 Å². The van der Waals surface area contributed by atoms with Crippen LogP contribution in [0.1, 0.15) is 54.6 Å². The van der Waals surface area contributed by atoms with Gasteiger partial charge in [-0.05, 0) is 83.5 Å². The van der Waals surface area contributed by atoms with Gasteiger partial charge in [0.2, 0.25) is 0 Å². The molecule has 0 aliphatic rings. The van der Waals surface area contributed by atoms with Crippen molar-refractivity contribution in [3.8, 4) is 0 Å². The van der Waals surface area contributed by atoms with E-state index in [-0.39, 0.29) is 24.1 Å². The first-order valence-electron chi connectivity index (χ1n) is 11.6. The molecule has 9 heteroatoms. The van der Waals surface area contributed by atoms with Crippen LogP contribution in [0.2, 0.25) is 0 Å². The molecule has 0 aliphatic carbocycles. The van der Waals surface area contributed by atoms with Crippen LogP contribution in [-0.2, 0) is 13.1 Å². The summed E-state index contributed by atoms with van der Waals surface area (Å²) in [6.45, 7) is 9.82. The first-order chi connectivity index (χ1) is 16.4. The summed E-state index contributed by atoms with van der Waals surface area (Å²) in [5.41, 5.74) is 3.72. The molecule has 4 aromatic rings. The maximum atomic E-state index is 13.0. The predicted molar refractivity (Wildman–Crippen MR) is 129 cm³/mol. The minimum atomic E-state index is -0.161. The number of nitrogens with zero attached hydrogens (tertiary/aromatic N) is 5. The molecular weight excluding hydrogens is 432 g/mol. The number of pyridine rings is 1. The van der Waals surface area contributed by atoms with Crippen molar-refractivity contribution >= 4 is 10.9 Å². The van der Waals surface area contributed by atoms with Crippen molar-refractivity contribution in [1.29, 1.82) is 0 Å². The number of H-pyrrole nitrogens is 1. The van der Waals surface area contributed by atoms with Crippen LogP contribution in [-0.4, -0.2) is 48.3 Å². The van der Waals surface area contributed by atoms with E-state index in [0.29, 0.717) is 37.4 Å². The van der Waals surface area contributed by atoms with Gasteiger partial charge in [0.05, 0.1) is 12.3 Å². The Labute approximate surface area is 198 Å². The Bertz CT molecular complexity index is 1290. The summed E-state index contributed by atoms with van der Waals surface area (Å²) in [4.78, 5) is 18.2. The maximum Gasteiger partial charge on any atom is 0.252 e. The van der Waals surface area contributed by atoms with Crippen LogP contribution in [0.3, 0.4) is 0 Å². The van der Waals surface area contributed by atoms with Crippen LogP contribution in [0.5, 0.6) is 0 Å². The molecular formula is C25H32N6O3. The molecule has 4 rings (SSSR count). The molecule has 9 nitrogen and oxygen atoms in total. The topological polar surface area (TPSA) is 113 Å². The van der Waals surface area contributed by atoms with Crippen molar-refractivity contribution in [3.05, 3.63) is 75.2 Å². The molecule has 0 radical (unpaired) electrons. The van der Waals surface area contributed by atoms with E-state index >= 15 is 0 Å². The lowest BCUT2D eigenvalue weighted by atomic mass is 9.99. The van der Waals surface area contributed by atoms with Crippen LogP contribution in [0.15, 0.2) is 45.8 Å². The number of hydrogen-bond donors (Lipinski definition) is 2. The van der Waals surface area contributed by atoms with Gasteiger partial charge in [0, 0.05) is 30.8 Å². The predicted octanol–water partition coefficient (Wildman–Crippen LogP) is 3.35. The van der Waals surface area contributed by atoms with Gasteiger partial charge in [-0.1, -0.05) is 13.8 Å². The Hall–Kier alpha value is -3.30. The van der Waals surface area contributed by atoms with Gasteiger partial charge in [0.25, 0.3) is 5.56 Å². The third kappa shape index (κ3) is 5.10. The lowest BCUT2D eigenvalue weighted by molar-refractivity contribution is 0.122. The van der Waals surface area contributed by atoms with Crippen molar-refractivity contribution < 1.29 is 9.52 Å². The highest BCUT2D eigenvalue weighted by atomic mass is 16.3. The van der Waals surface area contributed by atoms with Crippen LogP contribution in [0.25, 0.3) is 10.9 Å². The molecule has 2 N–H and O–H groups in total. The Kier molecular flexibility index (Phi) is 7.23. The summed E-state index contributed by atoms with van der Waals surface area (Å²) in [5, 5.41) is 23.0. The van der Waals surface area contributed by atoms with E-state index in [1.165, 1.54) is 5.56 Å². The summed E-state index contributed by atoms with van der Waals surface area (Å²) < 4.78 is 7.23. The highest BCUT2D eigenvalue weighted by Crippen LogP contribution is 2.29. The van der Waals surface area contributed by atoms with E-state index in [4.69, 9.17) is 4.42 Å². The second-order valence-corrected chi connectivity index (χ2v) is 9.16. The lowest BCUT2D eigenvalue weighted by Gasteiger charge is -2.33. The Morgan fingerprint density at radius 2 is 2.00 bits per heavy atom. The molecule has 1 atom stereocenters. The first-order valence-corrected chi connectivity index (χ1v) is 11.6. The monoisotopic (exact) mass is 464 g/mol. The summed E-state index contributed by atoms with van der Waals surface area (Å²) in [6, 6.07) is 9.65. The van der Waals surface area contributed by atoms with Crippen molar-refractivity contribution in [1.82, 2.24) is 30.1 Å². The SMILES string of the molecule is Cc1cc2cc(CN(CCCO)[C@@H](c3nnnn3Cc3ccco3)C(C)C)c(=O)[nH]c2cc1C. The molecule has 1 aromatic carbocycles. The van der Waals surface area contributed by atoms with Gasteiger partial charge in [0.1, 0.15) is 12.3 Å². The van der Waals surface area contributed by atoms with E-state index in [0.717, 1.165) is 22.2 Å². The molecule has 0 bridgehead atoms. The molecule has 0 saturated heterocycles. The summed E-state index contributed by atoms with van der Waals surface area (Å²) in [5.74, 6) is 1.62. The number of hydrogen-bond acceptors (Lipinski definition) is 7. The zero-order chi connectivity index (χ0) is 24.2. The fourth-order valence-corrected chi connectivity index (χ4v) is 4.42. The molecule has 3 heterocycles. The van der Waals surface area contributed by atoms with Crippen molar-refractivity contribution in [2.75, 3.05) is 13.2 Å². The summed E-state index contributed by atoms with van der Waals surface area (Å²) in [6.07, 6.45) is 2.20. The number of aliphatic hydroxyl groups is 1. The summed E-state index contributed by atoms with van der Waals surface area (Å²) >= 11 is 0. The second-order valence-electron chi connectivity index (χ2n) is 9.16. The van der Waals surface area contributed by atoms with Crippen LogP contribution < -0.4 is 5.56 Å². The van der Waals surface area contributed by atoms with Gasteiger partial charge >= 0.3 is 0 Å². The average Bonchev–Trinajstić information content (AvgIpc) is 3.47. The quantitative estimate of drug-likeness (QED) is 0.370. The van der Waals surface area contributed by atoms with Crippen LogP contribution in [0.4, 0.5) is 0 Å². The fourth-order valence-electron chi connectivity index (χ4n) is 4.42. The van der Waals surface area contributed by atoms with E-state index in [2.05, 4.69) is 52.2 Å². The molecule has 0 unspecified atom stereocenters. The summed E-state index contributed by atoms with van der Waals surface area (Å²) in [7, 11) is 0. The third-order valence-electron chi connectivity index (χ3n) is 6.25. The van der Waals surface area contributed by atoms with E-state index < -0.39 is 0 Å². The normalized spacial score (nSPS) is 12.8. The smallest absolute Gasteiger partial charge is 0.252 e. The van der Waals surface area contributed by atoms with E-state index in [9.17, 15) is 9.90 Å². The van der Waals surface area contributed by atoms with Crippen LogP contribution >= 0.6 is 0 Å². The Morgan fingerprint density at radius 3 is 2.71 bits per heavy atom. The molecule has 0 fully saturated rings.